The number of pyridine rings is 1. The Labute approximate surface area is 225 Å². The van der Waals surface area contributed by atoms with Gasteiger partial charge in [0, 0.05) is 91.1 Å². The first-order valence-corrected chi connectivity index (χ1v) is 12.9. The van der Waals surface area contributed by atoms with Crippen molar-refractivity contribution in [3.8, 4) is 17.0 Å². The van der Waals surface area contributed by atoms with E-state index in [9.17, 15) is 0 Å². The lowest BCUT2D eigenvalue weighted by Crippen LogP contribution is -2.57. The van der Waals surface area contributed by atoms with Crippen LogP contribution >= 0.6 is 0 Å². The van der Waals surface area contributed by atoms with E-state index in [4.69, 9.17) is 20.9 Å². The highest BCUT2D eigenvalue weighted by atomic mass is 16.5. The van der Waals surface area contributed by atoms with Crippen LogP contribution in [0.15, 0.2) is 79.5 Å². The number of nitrogens with one attached hydrogen (secondary N) is 2. The van der Waals surface area contributed by atoms with Gasteiger partial charge in [0.15, 0.2) is 11.5 Å². The van der Waals surface area contributed by atoms with Crippen molar-refractivity contribution in [1.82, 2.24) is 19.4 Å². The number of nitrogen functional groups attached to an aromatic ring is 1. The van der Waals surface area contributed by atoms with Crippen LogP contribution in [0.2, 0.25) is 0 Å². The van der Waals surface area contributed by atoms with Gasteiger partial charge >= 0.3 is 0 Å². The van der Waals surface area contributed by atoms with E-state index in [0.29, 0.717) is 29.3 Å². The second-order valence-corrected chi connectivity index (χ2v) is 9.74. The first kappa shape index (κ1) is 23.0. The van der Waals surface area contributed by atoms with Gasteiger partial charge in [0.1, 0.15) is 12.4 Å². The molecule has 1 unspecified atom stereocenters. The van der Waals surface area contributed by atoms with Crippen LogP contribution < -0.4 is 25.6 Å². The van der Waals surface area contributed by atoms with Crippen LogP contribution in [0.1, 0.15) is 5.56 Å². The number of nitrogens with zero attached hydrogens (tertiary/aromatic N) is 6. The molecule has 1 saturated heterocycles. The van der Waals surface area contributed by atoms with Gasteiger partial charge in [0.2, 0.25) is 0 Å². The van der Waals surface area contributed by atoms with E-state index in [-0.39, 0.29) is 6.04 Å². The van der Waals surface area contributed by atoms with Crippen LogP contribution in [0.3, 0.4) is 0 Å². The molecule has 5 aromatic rings. The molecule has 10 heteroatoms. The molecule has 0 amide bonds. The summed E-state index contributed by atoms with van der Waals surface area (Å²) >= 11 is 0. The number of nitrogens with two attached hydrogens (primary N) is 1. The Bertz CT molecular complexity index is 1680. The Morgan fingerprint density at radius 2 is 1.95 bits per heavy atom. The maximum atomic E-state index is 7.51. The lowest BCUT2D eigenvalue weighted by molar-refractivity contribution is 0.255. The van der Waals surface area contributed by atoms with Crippen LogP contribution in [0.5, 0.6) is 5.75 Å². The number of benzene rings is 2. The fourth-order valence-corrected chi connectivity index (χ4v) is 5.39. The summed E-state index contributed by atoms with van der Waals surface area (Å²) in [5, 5.41) is 11.0. The third kappa shape index (κ3) is 4.15. The van der Waals surface area contributed by atoms with Crippen LogP contribution in [0.4, 0.5) is 28.6 Å². The molecule has 2 aliphatic heterocycles. The summed E-state index contributed by atoms with van der Waals surface area (Å²) in [5.74, 6) is 1.49. The minimum absolute atomic E-state index is 0.285. The monoisotopic (exact) mass is 517 g/mol. The molecule has 2 aromatic carbocycles. The summed E-state index contributed by atoms with van der Waals surface area (Å²) < 4.78 is 8.20. The smallest absolute Gasteiger partial charge is 0.180 e. The summed E-state index contributed by atoms with van der Waals surface area (Å²) in [6.45, 7) is 3.40. The fourth-order valence-electron chi connectivity index (χ4n) is 5.39. The second kappa shape index (κ2) is 9.32. The summed E-state index contributed by atoms with van der Waals surface area (Å²) in [5.41, 5.74) is 12.9. The molecule has 3 aromatic heterocycles. The Morgan fingerprint density at radius 1 is 1.05 bits per heavy atom. The van der Waals surface area contributed by atoms with E-state index in [2.05, 4.69) is 49.4 Å². The summed E-state index contributed by atoms with van der Waals surface area (Å²) in [4.78, 5) is 18.4. The average molecular weight is 518 g/mol. The van der Waals surface area contributed by atoms with Crippen molar-refractivity contribution in [2.24, 2.45) is 0 Å². The van der Waals surface area contributed by atoms with E-state index in [1.165, 1.54) is 11.9 Å². The highest BCUT2D eigenvalue weighted by molar-refractivity contribution is 5.87. The predicted molar refractivity (Wildman–Crippen MR) is 154 cm³/mol. The molecule has 10 nitrogen and oxygen atoms in total. The highest BCUT2D eigenvalue weighted by Crippen LogP contribution is 2.38. The molecule has 0 radical (unpaired) electrons. The van der Waals surface area contributed by atoms with Crippen molar-refractivity contribution in [1.29, 1.82) is 5.41 Å². The lowest BCUT2D eigenvalue weighted by Gasteiger charge is -2.46. The zero-order valence-corrected chi connectivity index (χ0v) is 21.2. The number of imidazole rings is 1. The second-order valence-electron chi connectivity index (χ2n) is 9.74. The van der Waals surface area contributed by atoms with Crippen LogP contribution in [-0.4, -0.2) is 57.9 Å². The van der Waals surface area contributed by atoms with Gasteiger partial charge < -0.3 is 35.4 Å². The number of piperazine rings is 1. The van der Waals surface area contributed by atoms with E-state index < -0.39 is 0 Å². The molecule has 4 N–H and O–H groups in total. The predicted octanol–water partition coefficient (Wildman–Crippen LogP) is 4.20. The molecule has 1 fully saturated rings. The van der Waals surface area contributed by atoms with E-state index in [1.54, 1.807) is 6.20 Å². The van der Waals surface area contributed by atoms with Gasteiger partial charge in [-0.2, -0.15) is 0 Å². The molecule has 1 atom stereocenters. The Morgan fingerprint density at radius 3 is 2.79 bits per heavy atom. The van der Waals surface area contributed by atoms with E-state index in [0.717, 1.165) is 48.0 Å². The normalized spacial score (nSPS) is 16.4. The molecule has 7 rings (SSSR count). The fraction of sp³-hybridized carbons (Fsp3) is 0.172. The largest absolute Gasteiger partial charge is 0.489 e. The number of aromatic nitrogens is 4. The van der Waals surface area contributed by atoms with Gasteiger partial charge in [-0.05, 0) is 30.3 Å². The molecule has 194 valence electrons. The van der Waals surface area contributed by atoms with Gasteiger partial charge in [-0.25, -0.2) is 9.97 Å². The Balaban J connectivity index is 1.15. The number of ether oxygens (including phenoxy) is 1. The first-order chi connectivity index (χ1) is 19.2. The minimum Gasteiger partial charge on any atom is -0.489 e. The zero-order chi connectivity index (χ0) is 26.3. The maximum absolute atomic E-state index is 7.51. The van der Waals surface area contributed by atoms with Crippen molar-refractivity contribution in [2.45, 2.75) is 6.04 Å². The highest BCUT2D eigenvalue weighted by Gasteiger charge is 2.33. The SMILES string of the molecule is N=Cc1ccc(-c2cn3ccnc3c(Nc3ccc4c(c3)OCC3CN(c5ccncc5)CCN43)n2)cc1N. The number of anilines is 5. The molecule has 5 heterocycles. The van der Waals surface area contributed by atoms with Crippen molar-refractivity contribution in [2.75, 3.05) is 47.1 Å². The average Bonchev–Trinajstić information content (AvgIpc) is 3.46. The van der Waals surface area contributed by atoms with Crippen molar-refractivity contribution in [3.63, 3.8) is 0 Å². The minimum atomic E-state index is 0.285. The third-order valence-corrected chi connectivity index (χ3v) is 7.39. The molecule has 0 bridgehead atoms. The van der Waals surface area contributed by atoms with Crippen LogP contribution in [0, 0.1) is 5.41 Å². The van der Waals surface area contributed by atoms with Gasteiger partial charge in [-0.15, -0.1) is 0 Å². The first-order valence-electron chi connectivity index (χ1n) is 12.9. The summed E-state index contributed by atoms with van der Waals surface area (Å²) in [7, 11) is 0. The van der Waals surface area contributed by atoms with E-state index in [1.807, 2.05) is 53.5 Å². The maximum Gasteiger partial charge on any atom is 0.180 e. The van der Waals surface area contributed by atoms with Gasteiger partial charge in [0.25, 0.3) is 0 Å². The molecular weight excluding hydrogens is 490 g/mol. The van der Waals surface area contributed by atoms with Gasteiger partial charge in [0.05, 0.1) is 17.4 Å². The van der Waals surface area contributed by atoms with Gasteiger partial charge in [-0.3, -0.25) is 4.98 Å². The van der Waals surface area contributed by atoms with Crippen molar-refractivity contribution >= 4 is 40.4 Å². The Kier molecular flexibility index (Phi) is 5.50. The third-order valence-electron chi connectivity index (χ3n) is 7.39. The van der Waals surface area contributed by atoms with Crippen molar-refractivity contribution in [3.05, 3.63) is 85.1 Å². The zero-order valence-electron chi connectivity index (χ0n) is 21.2. The number of rotatable bonds is 5. The van der Waals surface area contributed by atoms with Gasteiger partial charge in [-0.1, -0.05) is 12.1 Å². The summed E-state index contributed by atoms with van der Waals surface area (Å²) in [6, 6.07) is 16.2. The Hall–Kier alpha value is -5.12. The van der Waals surface area contributed by atoms with Crippen molar-refractivity contribution < 1.29 is 4.74 Å². The molecule has 0 aliphatic carbocycles. The summed E-state index contributed by atoms with van der Waals surface area (Å²) in [6.07, 6.45) is 10.5. The lowest BCUT2D eigenvalue weighted by atomic mass is 10.1. The topological polar surface area (TPSA) is 121 Å². The molecule has 39 heavy (non-hydrogen) atoms. The van der Waals surface area contributed by atoms with E-state index >= 15 is 0 Å². The molecule has 0 spiro atoms. The molecule has 2 aliphatic rings. The number of hydrogen-bond acceptors (Lipinski definition) is 9. The molecular formula is C29H27N9O. The van der Waals surface area contributed by atoms with Crippen LogP contribution in [-0.2, 0) is 0 Å². The quantitative estimate of drug-likeness (QED) is 0.234. The number of fused-ring (bicyclic) bond motifs is 4. The standard InChI is InChI=1S/C29H27N9O/c30-15-20-2-1-19(13-24(20)31)25-17-37-10-9-33-29(37)28(35-25)34-21-3-4-26-27(14-21)39-18-23-16-36(11-12-38(23)26)22-5-7-32-8-6-22/h1-10,13-15,17,23,30H,11-12,16,18,31H2,(H,34,35). The molecule has 0 saturated carbocycles. The van der Waals surface area contributed by atoms with Crippen LogP contribution in [0.25, 0.3) is 16.9 Å². The number of hydrogen-bond donors (Lipinski definition) is 3.